The van der Waals surface area contributed by atoms with Crippen molar-refractivity contribution in [3.8, 4) is 0 Å². The molecule has 0 saturated carbocycles. The molecule has 0 spiro atoms. The van der Waals surface area contributed by atoms with Gasteiger partial charge in [-0.25, -0.2) is 8.93 Å². The molecule has 2 amide bonds. The zero-order chi connectivity index (χ0) is 21.3. The Kier molecular flexibility index (Phi) is 8.50. The highest BCUT2D eigenvalue weighted by molar-refractivity contribution is 7.82. The molecule has 2 rings (SSSR count). The summed E-state index contributed by atoms with van der Waals surface area (Å²) in [5.74, 6) is -0.377. The highest BCUT2D eigenvalue weighted by atomic mass is 32.2. The van der Waals surface area contributed by atoms with E-state index in [-0.39, 0.29) is 19.0 Å². The van der Waals surface area contributed by atoms with Crippen molar-refractivity contribution in [1.82, 2.24) is 15.4 Å². The second kappa shape index (κ2) is 10.8. The van der Waals surface area contributed by atoms with Gasteiger partial charge in [-0.05, 0) is 30.5 Å². The van der Waals surface area contributed by atoms with Crippen LogP contribution in [0.1, 0.15) is 30.5 Å². The average molecular weight is 417 g/mol. The van der Waals surface area contributed by atoms with Gasteiger partial charge in [-0.3, -0.25) is 9.59 Å². The molecule has 2 aromatic carbocycles. The predicted molar refractivity (Wildman–Crippen MR) is 115 cm³/mol. The number of hydrogen-bond acceptors (Lipinski definition) is 4. The number of hydrogen-bond donors (Lipinski definition) is 4. The zero-order valence-corrected chi connectivity index (χ0v) is 17.6. The first-order valence-corrected chi connectivity index (χ1v) is 10.6. The fourth-order valence-corrected chi connectivity index (χ4v) is 3.37. The Bertz CT molecular complexity index is 833. The van der Waals surface area contributed by atoms with Crippen LogP contribution in [0.15, 0.2) is 54.6 Å². The molecule has 0 saturated heterocycles. The summed E-state index contributed by atoms with van der Waals surface area (Å²) in [5, 5.41) is 5.25. The normalized spacial score (nSPS) is 12.2. The molecular formula is C21H28N4O3S. The van der Waals surface area contributed by atoms with Crippen molar-refractivity contribution >= 4 is 22.8 Å². The Balaban J connectivity index is 1.64. The Hall–Kier alpha value is -2.55. The van der Waals surface area contributed by atoms with Crippen molar-refractivity contribution in [3.63, 3.8) is 0 Å². The minimum absolute atomic E-state index is 0.122. The topological polar surface area (TPSA) is 113 Å². The monoisotopic (exact) mass is 416 g/mol. The minimum atomic E-state index is -1.36. The van der Waals surface area contributed by atoms with Crippen molar-refractivity contribution in [3.05, 3.63) is 71.3 Å². The molecule has 156 valence electrons. The number of rotatable bonds is 10. The van der Waals surface area contributed by atoms with E-state index in [9.17, 15) is 13.8 Å². The Morgan fingerprint density at radius 1 is 0.897 bits per heavy atom. The van der Waals surface area contributed by atoms with E-state index in [4.69, 9.17) is 5.73 Å². The highest BCUT2D eigenvalue weighted by Gasteiger charge is 2.13. The molecule has 0 aromatic heterocycles. The number of carbonyl (C=O) groups excluding carboxylic acids is 2. The zero-order valence-electron chi connectivity index (χ0n) is 16.7. The second-order valence-corrected chi connectivity index (χ2v) is 8.54. The van der Waals surface area contributed by atoms with Gasteiger partial charge in [-0.2, -0.15) is 0 Å². The summed E-state index contributed by atoms with van der Waals surface area (Å²) in [4.78, 5) is 23.7. The van der Waals surface area contributed by atoms with E-state index in [0.717, 1.165) is 16.7 Å². The molecule has 1 unspecified atom stereocenters. The lowest BCUT2D eigenvalue weighted by atomic mass is 9.95. The lowest BCUT2D eigenvalue weighted by Crippen LogP contribution is -2.41. The highest BCUT2D eigenvalue weighted by Crippen LogP contribution is 2.16. The van der Waals surface area contributed by atoms with Crippen LogP contribution in [-0.2, 0) is 38.4 Å². The number of nitrogens with two attached hydrogens (primary N) is 1. The maximum atomic E-state index is 11.9. The largest absolute Gasteiger partial charge is 0.350 e. The molecule has 1 atom stereocenters. The van der Waals surface area contributed by atoms with Crippen LogP contribution in [-0.4, -0.2) is 29.1 Å². The van der Waals surface area contributed by atoms with Gasteiger partial charge in [-0.1, -0.05) is 54.6 Å². The van der Waals surface area contributed by atoms with Crippen molar-refractivity contribution in [2.45, 2.75) is 31.7 Å². The van der Waals surface area contributed by atoms with E-state index in [0.29, 0.717) is 12.3 Å². The van der Waals surface area contributed by atoms with Crippen LogP contribution in [0.2, 0.25) is 0 Å². The first-order chi connectivity index (χ1) is 13.7. The van der Waals surface area contributed by atoms with Gasteiger partial charge in [0.15, 0.2) is 0 Å². The lowest BCUT2D eigenvalue weighted by molar-refractivity contribution is -0.125. The van der Waals surface area contributed by atoms with Crippen molar-refractivity contribution in [1.29, 1.82) is 0 Å². The summed E-state index contributed by atoms with van der Waals surface area (Å²) < 4.78 is 14.6. The van der Waals surface area contributed by atoms with Gasteiger partial charge in [0.2, 0.25) is 11.8 Å². The molecule has 0 radical (unpaired) electrons. The van der Waals surface area contributed by atoms with Crippen LogP contribution >= 0.6 is 0 Å². The quantitative estimate of drug-likeness (QED) is 0.464. The van der Waals surface area contributed by atoms with E-state index in [1.165, 1.54) is 0 Å². The summed E-state index contributed by atoms with van der Waals surface area (Å²) in [7, 11) is -1.36. The van der Waals surface area contributed by atoms with E-state index in [1.54, 1.807) is 0 Å². The van der Waals surface area contributed by atoms with Gasteiger partial charge in [0.25, 0.3) is 0 Å². The molecule has 8 heteroatoms. The smallest absolute Gasteiger partial charge is 0.239 e. The second-order valence-electron chi connectivity index (χ2n) is 7.27. The SMILES string of the molecule is CC(C)(N)c1ccc(CNC(=O)CNC(=O)CNS(=O)Cc2ccccc2)cc1. The van der Waals surface area contributed by atoms with Crippen LogP contribution in [0.25, 0.3) is 0 Å². The fraction of sp³-hybridized carbons (Fsp3) is 0.333. The average Bonchev–Trinajstić information content (AvgIpc) is 2.69. The van der Waals surface area contributed by atoms with E-state index in [2.05, 4.69) is 15.4 Å². The number of amides is 2. The van der Waals surface area contributed by atoms with Crippen LogP contribution in [0.3, 0.4) is 0 Å². The van der Waals surface area contributed by atoms with Crippen LogP contribution in [0.4, 0.5) is 0 Å². The van der Waals surface area contributed by atoms with Gasteiger partial charge in [0, 0.05) is 12.1 Å². The molecule has 0 aliphatic heterocycles. The first-order valence-electron chi connectivity index (χ1n) is 9.31. The van der Waals surface area contributed by atoms with Crippen LogP contribution in [0.5, 0.6) is 0 Å². The molecule has 0 fully saturated rings. The molecule has 0 aliphatic carbocycles. The molecule has 29 heavy (non-hydrogen) atoms. The van der Waals surface area contributed by atoms with Gasteiger partial charge in [-0.15, -0.1) is 0 Å². The number of carbonyl (C=O) groups is 2. The number of nitrogens with one attached hydrogen (secondary N) is 3. The summed E-state index contributed by atoms with van der Waals surface area (Å²) in [6.07, 6.45) is 0. The molecule has 2 aromatic rings. The lowest BCUT2D eigenvalue weighted by Gasteiger charge is -2.19. The third kappa shape index (κ3) is 8.55. The third-order valence-corrected chi connectivity index (χ3v) is 5.23. The molecule has 7 nitrogen and oxygen atoms in total. The molecule has 5 N–H and O–H groups in total. The minimum Gasteiger partial charge on any atom is -0.350 e. The van der Waals surface area contributed by atoms with Gasteiger partial charge >= 0.3 is 0 Å². The third-order valence-electron chi connectivity index (χ3n) is 4.17. The van der Waals surface area contributed by atoms with E-state index in [1.807, 2.05) is 68.4 Å². The first kappa shape index (κ1) is 22.7. The molecule has 0 bridgehead atoms. The van der Waals surface area contributed by atoms with Gasteiger partial charge in [0.1, 0.15) is 0 Å². The number of benzene rings is 2. The Morgan fingerprint density at radius 2 is 1.52 bits per heavy atom. The maximum Gasteiger partial charge on any atom is 0.239 e. The summed E-state index contributed by atoms with van der Waals surface area (Å²) in [5.41, 5.74) is 8.50. The van der Waals surface area contributed by atoms with E-state index >= 15 is 0 Å². The fourth-order valence-electron chi connectivity index (χ4n) is 2.48. The molecular weight excluding hydrogens is 388 g/mol. The predicted octanol–water partition coefficient (Wildman–Crippen LogP) is 1.07. The van der Waals surface area contributed by atoms with Gasteiger partial charge in [0.05, 0.1) is 29.8 Å². The standard InChI is InChI=1S/C21H28N4O3S/c1-21(2,22)18-10-8-16(9-11-18)12-23-19(26)13-24-20(27)14-25-29(28)15-17-6-4-3-5-7-17/h3-11,25H,12-15,22H2,1-2H3,(H,23,26)(H,24,27). The summed E-state index contributed by atoms with van der Waals surface area (Å²) in [6.45, 7) is 3.96. The summed E-state index contributed by atoms with van der Waals surface area (Å²) in [6, 6.07) is 17.0. The van der Waals surface area contributed by atoms with Crippen molar-refractivity contribution in [2.75, 3.05) is 13.1 Å². The molecule has 0 heterocycles. The van der Waals surface area contributed by atoms with Crippen molar-refractivity contribution < 1.29 is 13.8 Å². The maximum absolute atomic E-state index is 11.9. The molecule has 0 aliphatic rings. The Labute approximate surface area is 174 Å². The van der Waals surface area contributed by atoms with Crippen LogP contribution in [0, 0.1) is 0 Å². The van der Waals surface area contributed by atoms with Gasteiger partial charge < -0.3 is 16.4 Å². The van der Waals surface area contributed by atoms with Crippen molar-refractivity contribution in [2.24, 2.45) is 5.73 Å². The van der Waals surface area contributed by atoms with E-state index < -0.39 is 22.4 Å². The Morgan fingerprint density at radius 3 is 2.14 bits per heavy atom. The van der Waals surface area contributed by atoms with Crippen LogP contribution < -0.4 is 21.1 Å². The summed E-state index contributed by atoms with van der Waals surface area (Å²) >= 11 is 0.